The summed E-state index contributed by atoms with van der Waals surface area (Å²) in [5, 5.41) is 3.27. The van der Waals surface area contributed by atoms with Gasteiger partial charge in [-0.2, -0.15) is 0 Å². The molecule has 0 bridgehead atoms. The average Bonchev–Trinajstić information content (AvgIpc) is 2.41. The molecular formula is C14H22Cl2F2N2. The van der Waals surface area contributed by atoms with Crippen molar-refractivity contribution in [3.63, 3.8) is 0 Å². The van der Waals surface area contributed by atoms with Gasteiger partial charge in [0.05, 0.1) is 0 Å². The molecule has 1 fully saturated rings. The molecule has 1 heterocycles. The minimum atomic E-state index is -0.707. The summed E-state index contributed by atoms with van der Waals surface area (Å²) in [6, 6.07) is 3.37. The third kappa shape index (κ3) is 4.04. The Morgan fingerprint density at radius 3 is 2.30 bits per heavy atom. The largest absolute Gasteiger partial charge is 0.314 e. The topological polar surface area (TPSA) is 15.3 Å². The van der Waals surface area contributed by atoms with Crippen LogP contribution in [0.1, 0.15) is 30.5 Å². The molecule has 1 aromatic rings. The summed E-state index contributed by atoms with van der Waals surface area (Å²) < 4.78 is 27.7. The third-order valence-corrected chi connectivity index (χ3v) is 3.64. The van der Waals surface area contributed by atoms with Crippen molar-refractivity contribution in [2.75, 3.05) is 26.2 Å². The van der Waals surface area contributed by atoms with Crippen LogP contribution in [0.25, 0.3) is 0 Å². The SMILES string of the molecule is CC[C@@H](c1ccc(C)c(F)c1F)N1CCNCC1.Cl.Cl. The zero-order valence-electron chi connectivity index (χ0n) is 11.8. The van der Waals surface area contributed by atoms with Crippen LogP contribution in [0.5, 0.6) is 0 Å². The molecule has 1 aromatic carbocycles. The predicted octanol–water partition coefficient (Wildman–Crippen LogP) is 3.47. The van der Waals surface area contributed by atoms with Gasteiger partial charge in [-0.3, -0.25) is 4.90 Å². The number of aryl methyl sites for hydroxylation is 1. The third-order valence-electron chi connectivity index (χ3n) is 3.64. The van der Waals surface area contributed by atoms with Crippen LogP contribution in [0.2, 0.25) is 0 Å². The van der Waals surface area contributed by atoms with E-state index in [9.17, 15) is 8.78 Å². The van der Waals surface area contributed by atoms with Crippen molar-refractivity contribution in [1.82, 2.24) is 10.2 Å². The van der Waals surface area contributed by atoms with Crippen molar-refractivity contribution in [2.45, 2.75) is 26.3 Å². The molecule has 2 nitrogen and oxygen atoms in total. The predicted molar refractivity (Wildman–Crippen MR) is 83.1 cm³/mol. The molecule has 0 aliphatic carbocycles. The molecule has 1 aliphatic rings. The number of nitrogens with one attached hydrogen (secondary N) is 1. The number of piperazine rings is 1. The maximum atomic E-state index is 14.0. The first-order valence-electron chi connectivity index (χ1n) is 6.54. The smallest absolute Gasteiger partial charge is 0.163 e. The first-order chi connectivity index (χ1) is 8.65. The molecule has 1 saturated heterocycles. The average molecular weight is 327 g/mol. The van der Waals surface area contributed by atoms with E-state index >= 15 is 0 Å². The number of hydrogen-bond donors (Lipinski definition) is 1. The highest BCUT2D eigenvalue weighted by atomic mass is 35.5. The summed E-state index contributed by atoms with van der Waals surface area (Å²) >= 11 is 0. The van der Waals surface area contributed by atoms with Crippen LogP contribution < -0.4 is 5.32 Å². The van der Waals surface area contributed by atoms with Crippen molar-refractivity contribution in [1.29, 1.82) is 0 Å². The van der Waals surface area contributed by atoms with Crippen LogP contribution in [-0.4, -0.2) is 31.1 Å². The van der Waals surface area contributed by atoms with Gasteiger partial charge in [-0.05, 0) is 18.9 Å². The molecule has 2 rings (SSSR count). The molecule has 0 aromatic heterocycles. The molecule has 20 heavy (non-hydrogen) atoms. The van der Waals surface area contributed by atoms with Crippen molar-refractivity contribution in [2.24, 2.45) is 0 Å². The lowest BCUT2D eigenvalue weighted by atomic mass is 9.99. The van der Waals surface area contributed by atoms with Gasteiger partial charge < -0.3 is 5.32 Å². The van der Waals surface area contributed by atoms with Crippen LogP contribution in [0.4, 0.5) is 8.78 Å². The van der Waals surface area contributed by atoms with E-state index in [0.717, 1.165) is 32.6 Å². The highest BCUT2D eigenvalue weighted by molar-refractivity contribution is 5.85. The number of hydrogen-bond acceptors (Lipinski definition) is 2. The van der Waals surface area contributed by atoms with E-state index in [-0.39, 0.29) is 30.9 Å². The fourth-order valence-electron chi connectivity index (χ4n) is 2.59. The lowest BCUT2D eigenvalue weighted by Crippen LogP contribution is -2.45. The first kappa shape index (κ1) is 19.6. The summed E-state index contributed by atoms with van der Waals surface area (Å²) in [4.78, 5) is 2.23. The summed E-state index contributed by atoms with van der Waals surface area (Å²) in [6.07, 6.45) is 0.791. The molecule has 6 heteroatoms. The highest BCUT2D eigenvalue weighted by Crippen LogP contribution is 2.28. The lowest BCUT2D eigenvalue weighted by molar-refractivity contribution is 0.165. The minimum absolute atomic E-state index is 0. The van der Waals surface area contributed by atoms with E-state index < -0.39 is 11.6 Å². The Labute approximate surface area is 131 Å². The maximum absolute atomic E-state index is 14.0. The Bertz CT molecular complexity index is 424. The van der Waals surface area contributed by atoms with E-state index in [4.69, 9.17) is 0 Å². The molecular weight excluding hydrogens is 305 g/mol. The van der Waals surface area contributed by atoms with Gasteiger partial charge in [0.1, 0.15) is 0 Å². The molecule has 0 radical (unpaired) electrons. The fraction of sp³-hybridized carbons (Fsp3) is 0.571. The molecule has 0 saturated carbocycles. The van der Waals surface area contributed by atoms with Gasteiger partial charge in [0.2, 0.25) is 0 Å². The van der Waals surface area contributed by atoms with E-state index in [0.29, 0.717) is 11.1 Å². The number of rotatable bonds is 3. The molecule has 0 amide bonds. The summed E-state index contributed by atoms with van der Waals surface area (Å²) in [5.41, 5.74) is 0.855. The fourth-order valence-corrected chi connectivity index (χ4v) is 2.59. The van der Waals surface area contributed by atoms with Crippen molar-refractivity contribution >= 4 is 24.8 Å². The van der Waals surface area contributed by atoms with Crippen LogP contribution >= 0.6 is 24.8 Å². The second kappa shape index (κ2) is 8.78. The zero-order valence-corrected chi connectivity index (χ0v) is 13.4. The number of nitrogens with zero attached hydrogens (tertiary/aromatic N) is 1. The molecule has 0 spiro atoms. The Kier molecular flexibility index (Phi) is 8.59. The Hall–Kier alpha value is -0.420. The van der Waals surface area contributed by atoms with Crippen LogP contribution in [0.15, 0.2) is 12.1 Å². The van der Waals surface area contributed by atoms with Gasteiger partial charge in [0.25, 0.3) is 0 Å². The normalized spacial score (nSPS) is 17.0. The van der Waals surface area contributed by atoms with Crippen LogP contribution in [0, 0.1) is 18.6 Å². The van der Waals surface area contributed by atoms with Crippen LogP contribution in [0.3, 0.4) is 0 Å². The van der Waals surface area contributed by atoms with Crippen molar-refractivity contribution in [3.8, 4) is 0 Å². The molecule has 0 unspecified atom stereocenters. The second-order valence-electron chi connectivity index (χ2n) is 4.81. The lowest BCUT2D eigenvalue weighted by Gasteiger charge is -2.35. The Balaban J connectivity index is 0.00000180. The van der Waals surface area contributed by atoms with Crippen molar-refractivity contribution in [3.05, 3.63) is 34.9 Å². The van der Waals surface area contributed by atoms with Gasteiger partial charge in [0.15, 0.2) is 11.6 Å². The molecule has 1 N–H and O–H groups in total. The van der Waals surface area contributed by atoms with Crippen molar-refractivity contribution < 1.29 is 8.78 Å². The second-order valence-corrected chi connectivity index (χ2v) is 4.81. The molecule has 1 aliphatic heterocycles. The quantitative estimate of drug-likeness (QED) is 0.914. The van der Waals surface area contributed by atoms with Crippen LogP contribution in [-0.2, 0) is 0 Å². The maximum Gasteiger partial charge on any atom is 0.163 e. The highest BCUT2D eigenvalue weighted by Gasteiger charge is 2.24. The molecule has 116 valence electrons. The molecule has 1 atom stereocenters. The van der Waals surface area contributed by atoms with E-state index in [1.54, 1.807) is 19.1 Å². The number of benzene rings is 1. The zero-order chi connectivity index (χ0) is 13.1. The Morgan fingerprint density at radius 2 is 1.75 bits per heavy atom. The summed E-state index contributed by atoms with van der Waals surface area (Å²) in [5.74, 6) is -1.39. The summed E-state index contributed by atoms with van der Waals surface area (Å²) in [6.45, 7) is 7.19. The van der Waals surface area contributed by atoms with E-state index in [1.165, 1.54) is 0 Å². The first-order valence-corrected chi connectivity index (χ1v) is 6.54. The standard InChI is InChI=1S/C14H20F2N2.2ClH/c1-3-12(18-8-6-17-7-9-18)11-5-4-10(2)13(15)14(11)16;;/h4-5,12,17H,3,6-9H2,1-2H3;2*1H/t12-;;/m0../s1. The monoisotopic (exact) mass is 326 g/mol. The van der Waals surface area contributed by atoms with Gasteiger partial charge in [0, 0.05) is 37.8 Å². The Morgan fingerprint density at radius 1 is 1.15 bits per heavy atom. The summed E-state index contributed by atoms with van der Waals surface area (Å²) in [7, 11) is 0. The van der Waals surface area contributed by atoms with Gasteiger partial charge in [-0.25, -0.2) is 8.78 Å². The van der Waals surface area contributed by atoms with E-state index in [1.807, 2.05) is 6.92 Å². The van der Waals surface area contributed by atoms with Gasteiger partial charge >= 0.3 is 0 Å². The number of halogens is 4. The van der Waals surface area contributed by atoms with E-state index in [2.05, 4.69) is 10.2 Å². The van der Waals surface area contributed by atoms with Gasteiger partial charge in [-0.1, -0.05) is 19.1 Å². The van der Waals surface area contributed by atoms with Gasteiger partial charge in [-0.15, -0.1) is 24.8 Å². The minimum Gasteiger partial charge on any atom is -0.314 e.